The number of hydrogen-bond donors (Lipinski definition) is 3. The summed E-state index contributed by atoms with van der Waals surface area (Å²) in [5, 5.41) is 16.8. The molecule has 140 valence electrons. The minimum atomic E-state index is -0.514. The van der Waals surface area contributed by atoms with E-state index in [1.807, 2.05) is 30.3 Å². The van der Waals surface area contributed by atoms with Crippen molar-refractivity contribution in [3.05, 3.63) is 76.4 Å². The maximum Gasteiger partial charge on any atom is 0.252 e. The first-order valence-corrected chi connectivity index (χ1v) is 8.64. The van der Waals surface area contributed by atoms with Gasteiger partial charge in [0.1, 0.15) is 5.75 Å². The van der Waals surface area contributed by atoms with Gasteiger partial charge in [-0.2, -0.15) is 5.10 Å². The van der Waals surface area contributed by atoms with Crippen molar-refractivity contribution in [2.24, 2.45) is 5.73 Å². The zero-order valence-electron chi connectivity index (χ0n) is 15.1. The number of aromatic amines is 1. The SMILES string of the molecule is COc1cccc(CO)c1CCc1n[nH]c(Cc2cccnc2)c1C(N)=O. The monoisotopic (exact) mass is 366 g/mol. The molecular weight excluding hydrogens is 344 g/mol. The van der Waals surface area contributed by atoms with Crippen LogP contribution in [0.1, 0.15) is 38.4 Å². The molecule has 4 N–H and O–H groups in total. The summed E-state index contributed by atoms with van der Waals surface area (Å²) in [4.78, 5) is 16.1. The van der Waals surface area contributed by atoms with Crippen LogP contribution in [0, 0.1) is 0 Å². The number of primary amides is 1. The van der Waals surface area contributed by atoms with E-state index in [1.165, 1.54) is 0 Å². The topological polar surface area (TPSA) is 114 Å². The number of hydrogen-bond acceptors (Lipinski definition) is 5. The highest BCUT2D eigenvalue weighted by Crippen LogP contribution is 2.25. The molecular formula is C20H22N4O3. The number of carbonyl (C=O) groups excluding carboxylic acids is 1. The van der Waals surface area contributed by atoms with Gasteiger partial charge in [0.2, 0.25) is 0 Å². The van der Waals surface area contributed by atoms with Crippen molar-refractivity contribution in [3.8, 4) is 5.75 Å². The highest BCUT2D eigenvalue weighted by atomic mass is 16.5. The second-order valence-electron chi connectivity index (χ2n) is 6.18. The second-order valence-corrected chi connectivity index (χ2v) is 6.18. The Morgan fingerprint density at radius 3 is 2.78 bits per heavy atom. The Morgan fingerprint density at radius 1 is 1.26 bits per heavy atom. The molecule has 0 radical (unpaired) electrons. The quantitative estimate of drug-likeness (QED) is 0.562. The molecule has 2 heterocycles. The number of benzene rings is 1. The van der Waals surface area contributed by atoms with Gasteiger partial charge in [-0.15, -0.1) is 0 Å². The number of pyridine rings is 1. The van der Waals surface area contributed by atoms with Crippen molar-refractivity contribution >= 4 is 5.91 Å². The third-order valence-corrected chi connectivity index (χ3v) is 4.50. The fourth-order valence-corrected chi connectivity index (χ4v) is 3.21. The molecule has 0 aliphatic rings. The van der Waals surface area contributed by atoms with Gasteiger partial charge in [-0.05, 0) is 41.7 Å². The predicted octanol–water partition coefficient (Wildman–Crippen LogP) is 1.78. The van der Waals surface area contributed by atoms with E-state index in [2.05, 4.69) is 15.2 Å². The Kier molecular flexibility index (Phi) is 5.83. The summed E-state index contributed by atoms with van der Waals surface area (Å²) in [5.41, 5.74) is 9.96. The van der Waals surface area contributed by atoms with Crippen LogP contribution in [-0.4, -0.2) is 33.3 Å². The summed E-state index contributed by atoms with van der Waals surface area (Å²) < 4.78 is 5.40. The Hall–Kier alpha value is -3.19. The minimum Gasteiger partial charge on any atom is -0.496 e. The van der Waals surface area contributed by atoms with Crippen LogP contribution < -0.4 is 10.5 Å². The van der Waals surface area contributed by atoms with Gasteiger partial charge in [0.25, 0.3) is 5.91 Å². The molecule has 27 heavy (non-hydrogen) atoms. The van der Waals surface area contributed by atoms with E-state index in [4.69, 9.17) is 10.5 Å². The summed E-state index contributed by atoms with van der Waals surface area (Å²) in [6.45, 7) is -0.0813. The first-order valence-electron chi connectivity index (χ1n) is 8.64. The van der Waals surface area contributed by atoms with Crippen LogP contribution in [0.5, 0.6) is 5.75 Å². The van der Waals surface area contributed by atoms with Crippen molar-refractivity contribution in [2.45, 2.75) is 25.9 Å². The smallest absolute Gasteiger partial charge is 0.252 e. The fourth-order valence-electron chi connectivity index (χ4n) is 3.21. The lowest BCUT2D eigenvalue weighted by Gasteiger charge is -2.12. The third-order valence-electron chi connectivity index (χ3n) is 4.50. The van der Waals surface area contributed by atoms with Gasteiger partial charge in [0.05, 0.1) is 30.7 Å². The number of carbonyl (C=O) groups is 1. The number of nitrogens with one attached hydrogen (secondary N) is 1. The number of methoxy groups -OCH3 is 1. The molecule has 0 aliphatic carbocycles. The van der Waals surface area contributed by atoms with Crippen LogP contribution in [0.25, 0.3) is 0 Å². The Labute approximate surface area is 157 Å². The average Bonchev–Trinajstić information content (AvgIpc) is 3.09. The largest absolute Gasteiger partial charge is 0.496 e. The molecule has 3 aromatic rings. The molecule has 0 bridgehead atoms. The Bertz CT molecular complexity index is 900. The van der Waals surface area contributed by atoms with Crippen LogP contribution in [0.4, 0.5) is 0 Å². The standard InChI is InChI=1S/C20H22N4O3/c1-27-18-6-2-5-14(12-25)15(18)7-8-16-19(20(21)26)17(24-23-16)10-13-4-3-9-22-11-13/h2-6,9,11,25H,7-8,10,12H2,1H3,(H2,21,26)(H,23,24). The summed E-state index contributed by atoms with van der Waals surface area (Å²) in [6, 6.07) is 9.31. The molecule has 3 rings (SSSR count). The highest BCUT2D eigenvalue weighted by Gasteiger charge is 2.19. The molecule has 0 fully saturated rings. The fraction of sp³-hybridized carbons (Fsp3) is 0.250. The first kappa shape index (κ1) is 18.6. The molecule has 0 saturated heterocycles. The average molecular weight is 366 g/mol. The number of amides is 1. The molecule has 1 aromatic carbocycles. The number of nitrogens with two attached hydrogens (primary N) is 1. The van der Waals surface area contributed by atoms with E-state index in [0.29, 0.717) is 42.0 Å². The summed E-state index contributed by atoms with van der Waals surface area (Å²) in [6.07, 6.45) is 5.00. The maximum atomic E-state index is 12.0. The van der Waals surface area contributed by atoms with Crippen LogP contribution in [-0.2, 0) is 25.9 Å². The number of ether oxygens (including phenoxy) is 1. The Morgan fingerprint density at radius 2 is 2.11 bits per heavy atom. The van der Waals surface area contributed by atoms with Gasteiger partial charge in [0, 0.05) is 18.8 Å². The highest BCUT2D eigenvalue weighted by molar-refractivity contribution is 5.95. The van der Waals surface area contributed by atoms with Crippen molar-refractivity contribution in [3.63, 3.8) is 0 Å². The molecule has 0 saturated carbocycles. The lowest BCUT2D eigenvalue weighted by Crippen LogP contribution is -2.15. The van der Waals surface area contributed by atoms with E-state index in [-0.39, 0.29) is 6.61 Å². The molecule has 1 amide bonds. The maximum absolute atomic E-state index is 12.0. The molecule has 0 atom stereocenters. The van der Waals surface area contributed by atoms with E-state index in [0.717, 1.165) is 16.7 Å². The van der Waals surface area contributed by atoms with Crippen LogP contribution in [0.2, 0.25) is 0 Å². The van der Waals surface area contributed by atoms with Crippen molar-refractivity contribution in [1.29, 1.82) is 0 Å². The zero-order chi connectivity index (χ0) is 19.2. The molecule has 7 heteroatoms. The third kappa shape index (κ3) is 4.15. The molecule has 2 aromatic heterocycles. The van der Waals surface area contributed by atoms with Crippen molar-refractivity contribution < 1.29 is 14.6 Å². The summed E-state index contributed by atoms with van der Waals surface area (Å²) in [7, 11) is 1.59. The van der Waals surface area contributed by atoms with Crippen molar-refractivity contribution in [2.75, 3.05) is 7.11 Å². The molecule has 0 spiro atoms. The van der Waals surface area contributed by atoms with Gasteiger partial charge in [0.15, 0.2) is 0 Å². The molecule has 0 aliphatic heterocycles. The van der Waals surface area contributed by atoms with Crippen LogP contribution in [0.15, 0.2) is 42.7 Å². The number of nitrogens with zero attached hydrogens (tertiary/aromatic N) is 2. The van der Waals surface area contributed by atoms with E-state index < -0.39 is 5.91 Å². The number of aliphatic hydroxyl groups is 1. The number of rotatable bonds is 8. The lowest BCUT2D eigenvalue weighted by atomic mass is 9.98. The van der Waals surface area contributed by atoms with Gasteiger partial charge in [-0.1, -0.05) is 18.2 Å². The van der Waals surface area contributed by atoms with Crippen LogP contribution >= 0.6 is 0 Å². The predicted molar refractivity (Wildman–Crippen MR) is 100 cm³/mol. The van der Waals surface area contributed by atoms with Gasteiger partial charge in [-0.3, -0.25) is 14.9 Å². The van der Waals surface area contributed by atoms with E-state index in [9.17, 15) is 9.90 Å². The zero-order valence-corrected chi connectivity index (χ0v) is 15.1. The normalized spacial score (nSPS) is 10.7. The summed E-state index contributed by atoms with van der Waals surface area (Å²) >= 11 is 0. The van der Waals surface area contributed by atoms with E-state index >= 15 is 0 Å². The van der Waals surface area contributed by atoms with Gasteiger partial charge < -0.3 is 15.6 Å². The lowest BCUT2D eigenvalue weighted by molar-refractivity contribution is 0.0998. The first-order chi connectivity index (χ1) is 13.1. The number of aliphatic hydroxyl groups excluding tert-OH is 1. The Balaban J connectivity index is 1.85. The van der Waals surface area contributed by atoms with E-state index in [1.54, 1.807) is 19.5 Å². The number of aromatic nitrogens is 3. The van der Waals surface area contributed by atoms with Gasteiger partial charge in [-0.25, -0.2) is 0 Å². The second kappa shape index (κ2) is 8.46. The van der Waals surface area contributed by atoms with Crippen LogP contribution in [0.3, 0.4) is 0 Å². The van der Waals surface area contributed by atoms with Gasteiger partial charge >= 0.3 is 0 Å². The number of H-pyrrole nitrogens is 1. The summed E-state index contributed by atoms with van der Waals surface area (Å²) in [5.74, 6) is 0.188. The molecule has 7 nitrogen and oxygen atoms in total. The number of aryl methyl sites for hydroxylation is 1. The van der Waals surface area contributed by atoms with Crippen molar-refractivity contribution in [1.82, 2.24) is 15.2 Å². The molecule has 0 unspecified atom stereocenters. The minimum absolute atomic E-state index is 0.0813.